The van der Waals surface area contributed by atoms with E-state index < -0.39 is 11.9 Å². The number of carbonyl (C=O) groups is 2. The molecular weight excluding hydrogens is 372 g/mol. The minimum Gasteiger partial charge on any atom is -0.465 e. The fraction of sp³-hybridized carbons (Fsp3) is 0.0556. The van der Waals surface area contributed by atoms with Gasteiger partial charge in [-0.25, -0.2) is 9.78 Å². The van der Waals surface area contributed by atoms with Gasteiger partial charge in [0.05, 0.1) is 23.9 Å². The molecule has 0 aliphatic carbocycles. The third kappa shape index (κ3) is 3.28. The van der Waals surface area contributed by atoms with Crippen LogP contribution in [0.3, 0.4) is 0 Å². The summed E-state index contributed by atoms with van der Waals surface area (Å²) in [7, 11) is 1.29. The molecule has 1 aromatic heterocycles. The number of carbonyl (C=O) groups excluding carboxylic acids is 2. The Morgan fingerprint density at radius 2 is 1.88 bits per heavy atom. The summed E-state index contributed by atoms with van der Waals surface area (Å²) < 4.78 is 5.47. The Balaban J connectivity index is 1.93. The Kier molecular flexibility index (Phi) is 4.57. The zero-order valence-electron chi connectivity index (χ0n) is 12.7. The largest absolute Gasteiger partial charge is 0.465 e. The molecule has 0 aliphatic heterocycles. The average Bonchev–Trinajstić information content (AvgIpc) is 2.60. The van der Waals surface area contributed by atoms with E-state index in [1.165, 1.54) is 7.11 Å². The second-order valence-corrected chi connectivity index (χ2v) is 5.94. The summed E-state index contributed by atoms with van der Waals surface area (Å²) in [5.41, 5.74) is 1.63. The SMILES string of the molecule is COC(=O)c1ccc(Br)cc1NC(=O)c1ccc2ccccc2n1. The van der Waals surface area contributed by atoms with Crippen LogP contribution in [0.1, 0.15) is 20.8 Å². The second kappa shape index (κ2) is 6.80. The number of fused-ring (bicyclic) bond motifs is 1. The van der Waals surface area contributed by atoms with Gasteiger partial charge in [0, 0.05) is 9.86 Å². The highest BCUT2D eigenvalue weighted by Crippen LogP contribution is 2.23. The lowest BCUT2D eigenvalue weighted by Gasteiger charge is -2.10. The van der Waals surface area contributed by atoms with Gasteiger partial charge in [-0.05, 0) is 30.3 Å². The van der Waals surface area contributed by atoms with Crippen molar-refractivity contribution in [1.82, 2.24) is 4.98 Å². The topological polar surface area (TPSA) is 68.3 Å². The molecule has 0 saturated heterocycles. The molecule has 24 heavy (non-hydrogen) atoms. The summed E-state index contributed by atoms with van der Waals surface area (Å²) in [6.45, 7) is 0. The number of rotatable bonds is 3. The Labute approximate surface area is 146 Å². The number of benzene rings is 2. The van der Waals surface area contributed by atoms with Gasteiger partial charge in [0.1, 0.15) is 5.69 Å². The maximum absolute atomic E-state index is 12.5. The van der Waals surface area contributed by atoms with Gasteiger partial charge in [-0.3, -0.25) is 4.79 Å². The molecule has 5 nitrogen and oxygen atoms in total. The summed E-state index contributed by atoms with van der Waals surface area (Å²) in [6, 6.07) is 15.9. The number of hydrogen-bond acceptors (Lipinski definition) is 4. The molecule has 0 radical (unpaired) electrons. The maximum atomic E-state index is 12.5. The zero-order valence-corrected chi connectivity index (χ0v) is 14.3. The minimum atomic E-state index is -0.524. The van der Waals surface area contributed by atoms with Gasteiger partial charge in [-0.15, -0.1) is 0 Å². The smallest absolute Gasteiger partial charge is 0.339 e. The van der Waals surface area contributed by atoms with Crippen LogP contribution in [-0.2, 0) is 4.74 Å². The Morgan fingerprint density at radius 1 is 1.08 bits per heavy atom. The molecule has 0 unspecified atom stereocenters. The van der Waals surface area contributed by atoms with Gasteiger partial charge in [0.2, 0.25) is 0 Å². The Morgan fingerprint density at radius 3 is 2.67 bits per heavy atom. The standard InChI is InChI=1S/C18H13BrN2O3/c1-24-18(23)13-8-7-12(19)10-16(13)21-17(22)15-9-6-11-4-2-3-5-14(11)20-15/h2-10H,1H3,(H,21,22). The summed E-state index contributed by atoms with van der Waals surface area (Å²) >= 11 is 3.33. The number of para-hydroxylation sites is 1. The van der Waals surface area contributed by atoms with E-state index in [-0.39, 0.29) is 11.3 Å². The Hall–Kier alpha value is -2.73. The fourth-order valence-electron chi connectivity index (χ4n) is 2.29. The second-order valence-electron chi connectivity index (χ2n) is 5.02. The highest BCUT2D eigenvalue weighted by molar-refractivity contribution is 9.10. The number of aromatic nitrogens is 1. The molecule has 0 spiro atoms. The number of hydrogen-bond donors (Lipinski definition) is 1. The molecule has 1 heterocycles. The van der Waals surface area contributed by atoms with Crippen molar-refractivity contribution in [3.05, 3.63) is 70.3 Å². The molecule has 0 bridgehead atoms. The summed E-state index contributed by atoms with van der Waals surface area (Å²) in [5.74, 6) is -0.923. The van der Waals surface area contributed by atoms with Crippen LogP contribution >= 0.6 is 15.9 Å². The molecule has 0 saturated carbocycles. The molecule has 3 aromatic rings. The first-order chi connectivity index (χ1) is 11.6. The number of ether oxygens (including phenoxy) is 1. The molecule has 1 N–H and O–H groups in total. The molecular formula is C18H13BrN2O3. The summed E-state index contributed by atoms with van der Waals surface area (Å²) in [5, 5.41) is 3.67. The van der Waals surface area contributed by atoms with Crippen LogP contribution < -0.4 is 5.32 Å². The van der Waals surface area contributed by atoms with Crippen LogP contribution in [0.5, 0.6) is 0 Å². The Bertz CT molecular complexity index is 940. The molecule has 0 fully saturated rings. The lowest BCUT2D eigenvalue weighted by molar-refractivity contribution is 0.0602. The van der Waals surface area contributed by atoms with Crippen LogP contribution in [0.15, 0.2) is 59.1 Å². The van der Waals surface area contributed by atoms with Gasteiger partial charge in [-0.2, -0.15) is 0 Å². The fourth-order valence-corrected chi connectivity index (χ4v) is 2.65. The van der Waals surface area contributed by atoms with E-state index in [1.54, 1.807) is 24.3 Å². The molecule has 1 amide bonds. The normalized spacial score (nSPS) is 10.4. The highest BCUT2D eigenvalue weighted by Gasteiger charge is 2.16. The number of pyridine rings is 1. The van der Waals surface area contributed by atoms with E-state index in [4.69, 9.17) is 4.74 Å². The van der Waals surface area contributed by atoms with Crippen molar-refractivity contribution in [3.8, 4) is 0 Å². The maximum Gasteiger partial charge on any atom is 0.339 e. The average molecular weight is 385 g/mol. The third-order valence-electron chi connectivity index (χ3n) is 3.47. The first kappa shape index (κ1) is 16.1. The summed E-state index contributed by atoms with van der Waals surface area (Å²) in [4.78, 5) is 28.7. The van der Waals surface area contributed by atoms with Gasteiger partial charge < -0.3 is 10.1 Å². The van der Waals surface area contributed by atoms with Gasteiger partial charge >= 0.3 is 5.97 Å². The summed E-state index contributed by atoms with van der Waals surface area (Å²) in [6.07, 6.45) is 0. The lowest BCUT2D eigenvalue weighted by atomic mass is 10.1. The number of nitrogens with one attached hydrogen (secondary N) is 1. The van der Waals surface area contributed by atoms with Crippen molar-refractivity contribution in [2.24, 2.45) is 0 Å². The number of nitrogens with zero attached hydrogens (tertiary/aromatic N) is 1. The van der Waals surface area contributed by atoms with Crippen molar-refractivity contribution >= 4 is 44.4 Å². The predicted octanol–water partition coefficient (Wildman–Crippen LogP) is 4.04. The number of methoxy groups -OCH3 is 1. The number of halogens is 1. The highest BCUT2D eigenvalue weighted by atomic mass is 79.9. The van der Waals surface area contributed by atoms with Crippen molar-refractivity contribution in [1.29, 1.82) is 0 Å². The molecule has 0 aliphatic rings. The van der Waals surface area contributed by atoms with E-state index in [0.29, 0.717) is 5.69 Å². The molecule has 3 rings (SSSR count). The minimum absolute atomic E-state index is 0.268. The zero-order chi connectivity index (χ0) is 17.1. The first-order valence-electron chi connectivity index (χ1n) is 7.13. The van der Waals surface area contributed by atoms with Crippen molar-refractivity contribution < 1.29 is 14.3 Å². The molecule has 0 atom stereocenters. The molecule has 2 aromatic carbocycles. The van der Waals surface area contributed by atoms with Gasteiger partial charge in [0.25, 0.3) is 5.91 Å². The van der Waals surface area contributed by atoms with E-state index in [9.17, 15) is 9.59 Å². The number of amides is 1. The van der Waals surface area contributed by atoms with Crippen molar-refractivity contribution in [2.75, 3.05) is 12.4 Å². The van der Waals surface area contributed by atoms with Crippen LogP contribution in [0.2, 0.25) is 0 Å². The third-order valence-corrected chi connectivity index (χ3v) is 3.96. The monoisotopic (exact) mass is 384 g/mol. The van der Waals surface area contributed by atoms with Crippen LogP contribution in [0.4, 0.5) is 5.69 Å². The number of anilines is 1. The van der Waals surface area contributed by atoms with E-state index in [2.05, 4.69) is 26.2 Å². The van der Waals surface area contributed by atoms with Crippen LogP contribution in [0, 0.1) is 0 Å². The van der Waals surface area contributed by atoms with Crippen LogP contribution in [-0.4, -0.2) is 24.0 Å². The molecule has 6 heteroatoms. The lowest BCUT2D eigenvalue weighted by Crippen LogP contribution is -2.16. The first-order valence-corrected chi connectivity index (χ1v) is 7.93. The van der Waals surface area contributed by atoms with Crippen molar-refractivity contribution in [2.45, 2.75) is 0 Å². The number of esters is 1. The van der Waals surface area contributed by atoms with Crippen LogP contribution in [0.25, 0.3) is 10.9 Å². The van der Waals surface area contributed by atoms with Crippen molar-refractivity contribution in [3.63, 3.8) is 0 Å². The van der Waals surface area contributed by atoms with E-state index in [1.807, 2.05) is 30.3 Å². The quantitative estimate of drug-likeness (QED) is 0.691. The van der Waals surface area contributed by atoms with E-state index >= 15 is 0 Å². The van der Waals surface area contributed by atoms with E-state index in [0.717, 1.165) is 15.4 Å². The predicted molar refractivity (Wildman–Crippen MR) is 95.2 cm³/mol. The van der Waals surface area contributed by atoms with Gasteiger partial charge in [-0.1, -0.05) is 40.2 Å². The molecule has 120 valence electrons. The van der Waals surface area contributed by atoms with Gasteiger partial charge in [0.15, 0.2) is 0 Å².